The molecule has 0 atom stereocenters. The predicted molar refractivity (Wildman–Crippen MR) is 48.9 cm³/mol. The third-order valence-electron chi connectivity index (χ3n) is 1.12. The quantitative estimate of drug-likeness (QED) is 0.484. The molecule has 0 radical (unpaired) electrons. The van der Waals surface area contributed by atoms with Gasteiger partial charge < -0.3 is 34.9 Å². The summed E-state index contributed by atoms with van der Waals surface area (Å²) in [5, 5.41) is 0. The molecular formula is C12H9O3W-3. The zero-order valence-electron chi connectivity index (χ0n) is 9.13. The van der Waals surface area contributed by atoms with E-state index >= 15 is 0 Å². The van der Waals surface area contributed by atoms with Crippen molar-refractivity contribution in [2.45, 2.75) is 20.8 Å². The molecule has 0 aliphatic rings. The van der Waals surface area contributed by atoms with Crippen LogP contribution in [0.5, 0.6) is 0 Å². The summed E-state index contributed by atoms with van der Waals surface area (Å²) in [7, 11) is 0. The van der Waals surface area contributed by atoms with Gasteiger partial charge in [-0.3, -0.25) is 0 Å². The molecule has 0 spiro atoms. The van der Waals surface area contributed by atoms with Gasteiger partial charge in [-0.2, -0.15) is 0 Å². The van der Waals surface area contributed by atoms with Crippen molar-refractivity contribution in [2.24, 2.45) is 0 Å². The normalized spacial score (nSPS) is 5.81. The van der Waals surface area contributed by atoms with Gasteiger partial charge in [0.25, 0.3) is 0 Å². The molecule has 0 aromatic heterocycles. The molecule has 1 aromatic rings. The smallest absolute Gasteiger partial charge is 0 e. The molecule has 0 aliphatic heterocycles. The molecule has 3 nitrogen and oxygen atoms in total. The summed E-state index contributed by atoms with van der Waals surface area (Å²) in [6.45, 7) is 19.5. The van der Waals surface area contributed by atoms with Gasteiger partial charge >= 0.3 is 33.9 Å². The monoisotopic (exact) mass is 385 g/mol. The van der Waals surface area contributed by atoms with Gasteiger partial charge in [0.15, 0.2) is 0 Å². The molecule has 0 heterocycles. The molecule has 0 saturated heterocycles. The van der Waals surface area contributed by atoms with E-state index in [0.29, 0.717) is 0 Å². The van der Waals surface area contributed by atoms with E-state index in [2.05, 4.69) is 38.2 Å². The second kappa shape index (κ2) is 19.7. The zero-order valence-corrected chi connectivity index (χ0v) is 12.1. The van der Waals surface area contributed by atoms with E-state index in [4.69, 9.17) is 14.0 Å². The predicted octanol–water partition coefficient (Wildman–Crippen LogP) is 1.90. The molecule has 0 fully saturated rings. The van der Waals surface area contributed by atoms with Gasteiger partial charge in [-0.15, -0.1) is 20.8 Å². The second-order valence-corrected chi connectivity index (χ2v) is 2.25. The van der Waals surface area contributed by atoms with Crippen LogP contribution in [0.2, 0.25) is 0 Å². The van der Waals surface area contributed by atoms with Crippen molar-refractivity contribution in [3.63, 3.8) is 0 Å². The fourth-order valence-electron chi connectivity index (χ4n) is 0.938. The van der Waals surface area contributed by atoms with E-state index in [-0.39, 0.29) is 21.1 Å². The summed E-state index contributed by atoms with van der Waals surface area (Å²) in [6.07, 6.45) is 0. The van der Waals surface area contributed by atoms with E-state index in [1.54, 1.807) is 0 Å². The van der Waals surface area contributed by atoms with Crippen molar-refractivity contribution in [3.05, 3.63) is 54.8 Å². The SMILES string of the molecule is Cc1[c-]c(C)[c-]c(C)[c-]1.[C-]#[O+].[C-]#[O+].[C-]#[O+].[W]. The number of rotatable bonds is 0. The van der Waals surface area contributed by atoms with Crippen LogP contribution in [-0.2, 0) is 35.0 Å². The number of hydrogen-bond donors (Lipinski definition) is 0. The molecule has 0 amide bonds. The van der Waals surface area contributed by atoms with Crippen LogP contribution in [0, 0.1) is 58.9 Å². The first-order valence-corrected chi connectivity index (χ1v) is 3.61. The van der Waals surface area contributed by atoms with Gasteiger partial charge in [0, 0.05) is 21.1 Å². The number of benzene rings is 1. The Morgan fingerprint density at radius 2 is 0.750 bits per heavy atom. The Bertz CT molecular complexity index is 262. The Labute approximate surface area is 111 Å². The summed E-state index contributed by atoms with van der Waals surface area (Å²) in [5.41, 5.74) is 3.22. The van der Waals surface area contributed by atoms with Crippen molar-refractivity contribution in [3.8, 4) is 0 Å². The summed E-state index contributed by atoms with van der Waals surface area (Å²) < 4.78 is 22.5. The first-order valence-electron chi connectivity index (χ1n) is 3.61. The Kier molecular flexibility index (Phi) is 30.0. The topological polar surface area (TPSA) is 59.7 Å². The van der Waals surface area contributed by atoms with Crippen LogP contribution in [-0.4, -0.2) is 0 Å². The molecular weight excluding hydrogens is 376 g/mol. The maximum Gasteiger partial charge on any atom is 0 e. The van der Waals surface area contributed by atoms with E-state index in [0.717, 1.165) is 16.7 Å². The number of aryl methyl sites for hydroxylation is 3. The third-order valence-corrected chi connectivity index (χ3v) is 1.12. The fraction of sp³-hybridized carbons (Fsp3) is 0.250. The van der Waals surface area contributed by atoms with Crippen molar-refractivity contribution in [2.75, 3.05) is 0 Å². The minimum Gasteiger partial charge on any atom is 0 e. The Hall–Kier alpha value is -0.872. The first kappa shape index (κ1) is 24.4. The molecule has 1 rings (SSSR count). The van der Waals surface area contributed by atoms with E-state index in [9.17, 15) is 0 Å². The largest absolute Gasteiger partial charge is 0 e. The van der Waals surface area contributed by atoms with Gasteiger partial charge in [0.05, 0.1) is 0 Å². The van der Waals surface area contributed by atoms with Crippen LogP contribution in [0.25, 0.3) is 0 Å². The minimum atomic E-state index is 0. The molecule has 84 valence electrons. The zero-order chi connectivity index (χ0) is 12.9. The van der Waals surface area contributed by atoms with Crippen LogP contribution in [0.1, 0.15) is 16.7 Å². The standard InChI is InChI=1S/C9H9.3CO.W/c1-7-4-8(2)6-9(3)5-7;3*1-2;/h1-3H3;;;;/q-3;;;;. The molecule has 0 N–H and O–H groups in total. The van der Waals surface area contributed by atoms with Gasteiger partial charge in [-0.25, -0.2) is 0 Å². The van der Waals surface area contributed by atoms with Crippen LogP contribution in [0.4, 0.5) is 0 Å². The Balaban J connectivity index is -0.0000000900. The summed E-state index contributed by atoms with van der Waals surface area (Å²) >= 11 is 0. The first-order chi connectivity index (χ1) is 7.18. The fourth-order valence-corrected chi connectivity index (χ4v) is 0.938. The molecule has 1 aromatic carbocycles. The average molecular weight is 385 g/mol. The van der Waals surface area contributed by atoms with E-state index in [1.165, 1.54) is 0 Å². The maximum absolute atomic E-state index is 7.50. The van der Waals surface area contributed by atoms with Crippen molar-refractivity contribution in [1.82, 2.24) is 0 Å². The molecule has 4 heteroatoms. The van der Waals surface area contributed by atoms with Crippen molar-refractivity contribution in [1.29, 1.82) is 0 Å². The van der Waals surface area contributed by atoms with Crippen LogP contribution >= 0.6 is 0 Å². The van der Waals surface area contributed by atoms with Gasteiger partial charge in [-0.1, -0.05) is 0 Å². The Morgan fingerprint density at radius 1 is 0.625 bits per heavy atom. The maximum atomic E-state index is 7.50. The number of hydrogen-bond acceptors (Lipinski definition) is 0. The Morgan fingerprint density at radius 3 is 0.875 bits per heavy atom. The van der Waals surface area contributed by atoms with Gasteiger partial charge in [-0.05, 0) is 0 Å². The third kappa shape index (κ3) is 15.6. The second-order valence-electron chi connectivity index (χ2n) is 2.25. The summed E-state index contributed by atoms with van der Waals surface area (Å²) in [6, 6.07) is 9.30. The molecule has 0 saturated carbocycles. The van der Waals surface area contributed by atoms with Crippen LogP contribution in [0.3, 0.4) is 0 Å². The van der Waals surface area contributed by atoms with Crippen molar-refractivity contribution < 1.29 is 35.0 Å². The van der Waals surface area contributed by atoms with E-state index < -0.39 is 0 Å². The van der Waals surface area contributed by atoms with Crippen LogP contribution < -0.4 is 0 Å². The van der Waals surface area contributed by atoms with Gasteiger partial charge in [0.2, 0.25) is 0 Å². The van der Waals surface area contributed by atoms with Gasteiger partial charge in [0.1, 0.15) is 0 Å². The molecule has 0 unspecified atom stereocenters. The molecule has 16 heavy (non-hydrogen) atoms. The molecule has 0 aliphatic carbocycles. The van der Waals surface area contributed by atoms with E-state index in [1.807, 2.05) is 20.8 Å². The minimum absolute atomic E-state index is 0. The summed E-state index contributed by atoms with van der Waals surface area (Å²) in [5.74, 6) is 0. The average Bonchev–Trinajstić information content (AvgIpc) is 2.24. The van der Waals surface area contributed by atoms with Crippen molar-refractivity contribution >= 4 is 0 Å². The van der Waals surface area contributed by atoms with Crippen LogP contribution in [0.15, 0.2) is 0 Å². The molecule has 0 bridgehead atoms. The summed E-state index contributed by atoms with van der Waals surface area (Å²) in [4.78, 5) is 0.